The topological polar surface area (TPSA) is 35.6 Å². The summed E-state index contributed by atoms with van der Waals surface area (Å²) in [7, 11) is 0. The summed E-state index contributed by atoms with van der Waals surface area (Å²) in [6.07, 6.45) is 4.66. The van der Waals surface area contributed by atoms with E-state index in [0.717, 1.165) is 45.6 Å². The first-order valence-electron chi connectivity index (χ1n) is 7.04. The van der Waals surface area contributed by atoms with Crippen LogP contribution in [-0.4, -0.2) is 61.0 Å². The molecule has 98 valence electrons. The Labute approximate surface area is 104 Å². The van der Waals surface area contributed by atoms with Gasteiger partial charge in [0.1, 0.15) is 0 Å². The van der Waals surface area contributed by atoms with Crippen LogP contribution in [0.5, 0.6) is 0 Å². The van der Waals surface area contributed by atoms with Gasteiger partial charge in [0.05, 0.1) is 6.54 Å². The third-order valence-corrected chi connectivity index (χ3v) is 3.56. The van der Waals surface area contributed by atoms with Crippen molar-refractivity contribution in [2.24, 2.45) is 0 Å². The molecule has 1 saturated heterocycles. The van der Waals surface area contributed by atoms with E-state index < -0.39 is 0 Å². The first-order chi connectivity index (χ1) is 8.31. The van der Waals surface area contributed by atoms with Gasteiger partial charge in [0.25, 0.3) is 0 Å². The highest BCUT2D eigenvalue weighted by atomic mass is 16.2. The smallest absolute Gasteiger partial charge is 0.236 e. The standard InChI is InChI=1S/C13H25N3O/c1-2-8-16(12-4-5-12)13(17)11-15-9-3-6-14-7-10-15/h12,14H,2-11H2,1H3. The fourth-order valence-corrected chi connectivity index (χ4v) is 2.48. The summed E-state index contributed by atoms with van der Waals surface area (Å²) in [4.78, 5) is 16.7. The van der Waals surface area contributed by atoms with Crippen LogP contribution in [0.3, 0.4) is 0 Å². The fraction of sp³-hybridized carbons (Fsp3) is 0.923. The summed E-state index contributed by atoms with van der Waals surface area (Å²) >= 11 is 0. The molecule has 1 saturated carbocycles. The highest BCUT2D eigenvalue weighted by Crippen LogP contribution is 2.27. The first-order valence-corrected chi connectivity index (χ1v) is 7.04. The molecular formula is C13H25N3O. The summed E-state index contributed by atoms with van der Waals surface area (Å²) < 4.78 is 0. The van der Waals surface area contributed by atoms with E-state index in [2.05, 4.69) is 22.0 Å². The number of carbonyl (C=O) groups excluding carboxylic acids is 1. The van der Waals surface area contributed by atoms with Crippen LogP contribution < -0.4 is 5.32 Å². The third kappa shape index (κ3) is 3.96. The first kappa shape index (κ1) is 12.8. The molecule has 0 radical (unpaired) electrons. The lowest BCUT2D eigenvalue weighted by molar-refractivity contribution is -0.133. The van der Waals surface area contributed by atoms with Crippen LogP contribution in [0.25, 0.3) is 0 Å². The van der Waals surface area contributed by atoms with Crippen molar-refractivity contribution < 1.29 is 4.79 Å². The monoisotopic (exact) mass is 239 g/mol. The second kappa shape index (κ2) is 6.36. The van der Waals surface area contributed by atoms with Crippen molar-refractivity contribution in [3.8, 4) is 0 Å². The Morgan fingerprint density at radius 2 is 2.18 bits per heavy atom. The SMILES string of the molecule is CCCN(C(=O)CN1CCCNCC1)C1CC1. The predicted molar refractivity (Wildman–Crippen MR) is 69.0 cm³/mol. The minimum atomic E-state index is 0.344. The second-order valence-corrected chi connectivity index (χ2v) is 5.20. The summed E-state index contributed by atoms with van der Waals surface area (Å²) in [5.41, 5.74) is 0. The van der Waals surface area contributed by atoms with E-state index in [9.17, 15) is 4.79 Å². The van der Waals surface area contributed by atoms with Gasteiger partial charge in [-0.1, -0.05) is 6.92 Å². The molecule has 0 bridgehead atoms. The molecular weight excluding hydrogens is 214 g/mol. The average molecular weight is 239 g/mol. The Morgan fingerprint density at radius 3 is 2.88 bits per heavy atom. The molecule has 1 amide bonds. The van der Waals surface area contributed by atoms with Gasteiger partial charge in [0.15, 0.2) is 0 Å². The van der Waals surface area contributed by atoms with Crippen LogP contribution in [-0.2, 0) is 4.79 Å². The highest BCUT2D eigenvalue weighted by Gasteiger charge is 2.32. The average Bonchev–Trinajstić information content (AvgIpc) is 3.13. The zero-order valence-electron chi connectivity index (χ0n) is 11.0. The summed E-state index contributed by atoms with van der Waals surface area (Å²) in [5, 5.41) is 3.37. The molecule has 2 fully saturated rings. The number of carbonyl (C=O) groups is 1. The molecule has 0 aromatic rings. The van der Waals surface area contributed by atoms with Gasteiger partial charge in [-0.05, 0) is 38.8 Å². The third-order valence-electron chi connectivity index (χ3n) is 3.56. The fourth-order valence-electron chi connectivity index (χ4n) is 2.48. The van der Waals surface area contributed by atoms with E-state index in [-0.39, 0.29) is 0 Å². The molecule has 1 aliphatic carbocycles. The maximum absolute atomic E-state index is 12.3. The minimum Gasteiger partial charge on any atom is -0.339 e. The van der Waals surface area contributed by atoms with Crippen LogP contribution in [0.2, 0.25) is 0 Å². The molecule has 0 unspecified atom stereocenters. The Kier molecular flexibility index (Phi) is 4.80. The van der Waals surface area contributed by atoms with E-state index in [4.69, 9.17) is 0 Å². The molecule has 4 heteroatoms. The molecule has 0 atom stereocenters. The number of rotatable bonds is 5. The van der Waals surface area contributed by atoms with Crippen LogP contribution in [0.4, 0.5) is 0 Å². The molecule has 1 N–H and O–H groups in total. The van der Waals surface area contributed by atoms with Gasteiger partial charge < -0.3 is 10.2 Å². The number of nitrogens with one attached hydrogen (secondary N) is 1. The molecule has 1 aliphatic heterocycles. The molecule has 4 nitrogen and oxygen atoms in total. The maximum Gasteiger partial charge on any atom is 0.236 e. The van der Waals surface area contributed by atoms with Gasteiger partial charge in [-0.2, -0.15) is 0 Å². The highest BCUT2D eigenvalue weighted by molar-refractivity contribution is 5.79. The Morgan fingerprint density at radius 1 is 1.35 bits per heavy atom. The van der Waals surface area contributed by atoms with Gasteiger partial charge in [-0.25, -0.2) is 0 Å². The predicted octanol–water partition coefficient (Wildman–Crippen LogP) is 0.683. The molecule has 0 aromatic carbocycles. The molecule has 0 spiro atoms. The Balaban J connectivity index is 1.80. The van der Waals surface area contributed by atoms with Crippen molar-refractivity contribution in [1.82, 2.24) is 15.1 Å². The van der Waals surface area contributed by atoms with Gasteiger partial charge in [0.2, 0.25) is 5.91 Å². The van der Waals surface area contributed by atoms with Gasteiger partial charge >= 0.3 is 0 Å². The lowest BCUT2D eigenvalue weighted by Gasteiger charge is -2.26. The quantitative estimate of drug-likeness (QED) is 0.766. The zero-order valence-corrected chi connectivity index (χ0v) is 11.0. The summed E-state index contributed by atoms with van der Waals surface area (Å²) in [5.74, 6) is 0.344. The van der Waals surface area contributed by atoms with Gasteiger partial charge in [-0.3, -0.25) is 9.69 Å². The number of nitrogens with zero attached hydrogens (tertiary/aromatic N) is 2. The van der Waals surface area contributed by atoms with Crippen molar-refractivity contribution in [3.05, 3.63) is 0 Å². The second-order valence-electron chi connectivity index (χ2n) is 5.20. The minimum absolute atomic E-state index is 0.344. The zero-order chi connectivity index (χ0) is 12.1. The van der Waals surface area contributed by atoms with E-state index >= 15 is 0 Å². The van der Waals surface area contributed by atoms with Crippen LogP contribution >= 0.6 is 0 Å². The van der Waals surface area contributed by atoms with Crippen molar-refractivity contribution >= 4 is 5.91 Å². The van der Waals surface area contributed by atoms with E-state index in [1.165, 1.54) is 12.8 Å². The Bertz CT molecular complexity index is 245. The molecule has 2 aliphatic rings. The van der Waals surface area contributed by atoms with E-state index in [1.807, 2.05) is 0 Å². The van der Waals surface area contributed by atoms with Crippen LogP contribution in [0, 0.1) is 0 Å². The summed E-state index contributed by atoms with van der Waals surface area (Å²) in [6.45, 7) is 7.89. The van der Waals surface area contributed by atoms with Gasteiger partial charge in [-0.15, -0.1) is 0 Å². The lowest BCUT2D eigenvalue weighted by Crippen LogP contribution is -2.42. The van der Waals surface area contributed by atoms with Crippen LogP contribution in [0.1, 0.15) is 32.6 Å². The largest absolute Gasteiger partial charge is 0.339 e. The van der Waals surface area contributed by atoms with Gasteiger partial charge in [0, 0.05) is 25.7 Å². The van der Waals surface area contributed by atoms with Crippen molar-refractivity contribution in [1.29, 1.82) is 0 Å². The van der Waals surface area contributed by atoms with Crippen molar-refractivity contribution in [2.45, 2.75) is 38.6 Å². The van der Waals surface area contributed by atoms with E-state index in [1.54, 1.807) is 0 Å². The lowest BCUT2D eigenvalue weighted by atomic mass is 10.3. The molecule has 2 rings (SSSR count). The van der Waals surface area contributed by atoms with Crippen molar-refractivity contribution in [2.75, 3.05) is 39.3 Å². The van der Waals surface area contributed by atoms with Crippen molar-refractivity contribution in [3.63, 3.8) is 0 Å². The number of amides is 1. The molecule has 1 heterocycles. The molecule has 0 aromatic heterocycles. The Hall–Kier alpha value is -0.610. The maximum atomic E-state index is 12.3. The number of hydrogen-bond acceptors (Lipinski definition) is 3. The number of hydrogen-bond donors (Lipinski definition) is 1. The normalized spacial score (nSPS) is 22.2. The van der Waals surface area contributed by atoms with Crippen LogP contribution in [0.15, 0.2) is 0 Å². The van der Waals surface area contributed by atoms with E-state index in [0.29, 0.717) is 18.5 Å². The molecule has 17 heavy (non-hydrogen) atoms. The summed E-state index contributed by atoms with van der Waals surface area (Å²) in [6, 6.07) is 0.563.